The minimum atomic E-state index is 0.856. The molecule has 1 nitrogen and oxygen atoms in total. The molecule has 0 amide bonds. The van der Waals surface area contributed by atoms with E-state index < -0.39 is 0 Å². The van der Waals surface area contributed by atoms with E-state index in [9.17, 15) is 0 Å². The summed E-state index contributed by atoms with van der Waals surface area (Å²) in [6, 6.07) is 0. The number of hydrogen-bond acceptors (Lipinski definition) is 3. The SMILES string of the molecule is CC1=CC2C(CCN3CCCC3)C3C=C(C)SC3C2S1. The van der Waals surface area contributed by atoms with Crippen molar-refractivity contribution in [1.29, 1.82) is 0 Å². The van der Waals surface area contributed by atoms with E-state index in [4.69, 9.17) is 0 Å². The lowest BCUT2D eigenvalue weighted by molar-refractivity contribution is 0.273. The first-order valence-corrected chi connectivity index (χ1v) is 9.91. The molecule has 2 fully saturated rings. The summed E-state index contributed by atoms with van der Waals surface area (Å²) in [4.78, 5) is 5.85. The van der Waals surface area contributed by atoms with Crippen LogP contribution in [0.5, 0.6) is 0 Å². The molecule has 4 atom stereocenters. The van der Waals surface area contributed by atoms with Gasteiger partial charge in [-0.3, -0.25) is 0 Å². The predicted octanol–water partition coefficient (Wildman–Crippen LogP) is 4.37. The second-order valence-corrected chi connectivity index (χ2v) is 9.72. The highest BCUT2D eigenvalue weighted by atomic mass is 32.2. The van der Waals surface area contributed by atoms with Crippen LogP contribution in [0.15, 0.2) is 22.0 Å². The highest BCUT2D eigenvalue weighted by Gasteiger charge is 2.53. The van der Waals surface area contributed by atoms with Gasteiger partial charge in [0, 0.05) is 10.5 Å². The summed E-state index contributed by atoms with van der Waals surface area (Å²) in [6.45, 7) is 8.67. The van der Waals surface area contributed by atoms with Crippen molar-refractivity contribution in [1.82, 2.24) is 4.90 Å². The Balaban J connectivity index is 1.49. The highest BCUT2D eigenvalue weighted by molar-refractivity contribution is 8.07. The van der Waals surface area contributed by atoms with E-state index in [0.29, 0.717) is 0 Å². The standard InChI is InChI=1S/C17H25NS2/c1-11-9-14-13(5-8-18-6-3-4-7-18)15-10-12(2)20-17(15)16(14)19-11/h9-10,13-17H,3-8H2,1-2H3. The Morgan fingerprint density at radius 1 is 1.00 bits per heavy atom. The van der Waals surface area contributed by atoms with Crippen LogP contribution in [-0.4, -0.2) is 35.0 Å². The van der Waals surface area contributed by atoms with Crippen LogP contribution in [0.2, 0.25) is 0 Å². The van der Waals surface area contributed by atoms with E-state index in [1.807, 2.05) is 0 Å². The van der Waals surface area contributed by atoms with E-state index >= 15 is 0 Å². The molecule has 4 rings (SSSR count). The van der Waals surface area contributed by atoms with Gasteiger partial charge in [0.25, 0.3) is 0 Å². The zero-order valence-corrected chi connectivity index (χ0v) is 14.2. The summed E-state index contributed by atoms with van der Waals surface area (Å²) >= 11 is 4.34. The van der Waals surface area contributed by atoms with Gasteiger partial charge in [-0.25, -0.2) is 0 Å². The fraction of sp³-hybridized carbons (Fsp3) is 0.765. The van der Waals surface area contributed by atoms with Crippen molar-refractivity contribution < 1.29 is 0 Å². The van der Waals surface area contributed by atoms with E-state index in [1.165, 1.54) is 38.9 Å². The number of nitrogens with zero attached hydrogens (tertiary/aromatic N) is 1. The minimum absolute atomic E-state index is 0.856. The monoisotopic (exact) mass is 307 g/mol. The molecule has 0 aromatic heterocycles. The molecular weight excluding hydrogens is 282 g/mol. The summed E-state index contributed by atoms with van der Waals surface area (Å²) in [6.07, 6.45) is 9.47. The summed E-state index contributed by atoms with van der Waals surface area (Å²) in [5.74, 6) is 2.62. The Morgan fingerprint density at radius 3 is 2.10 bits per heavy atom. The lowest BCUT2D eigenvalue weighted by Gasteiger charge is -2.24. The zero-order chi connectivity index (χ0) is 13.7. The summed E-state index contributed by atoms with van der Waals surface area (Å²) in [7, 11) is 0. The number of hydrogen-bond donors (Lipinski definition) is 0. The molecule has 0 spiro atoms. The third-order valence-electron chi connectivity index (χ3n) is 5.55. The van der Waals surface area contributed by atoms with E-state index in [0.717, 1.165) is 28.3 Å². The van der Waals surface area contributed by atoms with Crippen LogP contribution in [0, 0.1) is 17.8 Å². The van der Waals surface area contributed by atoms with Gasteiger partial charge in [0.2, 0.25) is 0 Å². The van der Waals surface area contributed by atoms with Gasteiger partial charge >= 0.3 is 0 Å². The van der Waals surface area contributed by atoms with Gasteiger partial charge in [-0.1, -0.05) is 12.2 Å². The number of fused-ring (bicyclic) bond motifs is 3. The van der Waals surface area contributed by atoms with Gasteiger partial charge in [0.15, 0.2) is 0 Å². The molecule has 0 radical (unpaired) electrons. The highest BCUT2D eigenvalue weighted by Crippen LogP contribution is 2.60. The van der Waals surface area contributed by atoms with Gasteiger partial charge in [-0.05, 0) is 80.3 Å². The molecule has 4 aliphatic rings. The van der Waals surface area contributed by atoms with Crippen LogP contribution >= 0.6 is 23.5 Å². The van der Waals surface area contributed by atoms with Crippen molar-refractivity contribution >= 4 is 23.5 Å². The lowest BCUT2D eigenvalue weighted by Crippen LogP contribution is -2.25. The number of allylic oxidation sites excluding steroid dienone is 4. The Labute approximate surface area is 131 Å². The van der Waals surface area contributed by atoms with E-state index in [2.05, 4.69) is 54.4 Å². The largest absolute Gasteiger partial charge is 0.303 e. The smallest absolute Gasteiger partial charge is 0.0285 e. The molecule has 1 saturated carbocycles. The fourth-order valence-corrected chi connectivity index (χ4v) is 7.85. The van der Waals surface area contributed by atoms with Crippen molar-refractivity contribution in [3.63, 3.8) is 0 Å². The van der Waals surface area contributed by atoms with Crippen LogP contribution in [0.4, 0.5) is 0 Å². The molecule has 0 aromatic rings. The zero-order valence-electron chi connectivity index (χ0n) is 12.5. The average molecular weight is 308 g/mol. The number of likely N-dealkylation sites (tertiary alicyclic amines) is 1. The molecule has 0 aromatic carbocycles. The maximum absolute atomic E-state index is 2.69. The molecule has 4 unspecified atom stereocenters. The maximum atomic E-state index is 2.69. The molecule has 0 bridgehead atoms. The minimum Gasteiger partial charge on any atom is -0.303 e. The van der Waals surface area contributed by atoms with Crippen LogP contribution in [0.1, 0.15) is 33.1 Å². The normalized spacial score (nSPS) is 43.6. The first-order valence-electron chi connectivity index (χ1n) is 8.15. The van der Waals surface area contributed by atoms with Crippen molar-refractivity contribution in [2.75, 3.05) is 19.6 Å². The molecule has 110 valence electrons. The first kappa shape index (κ1) is 13.8. The van der Waals surface area contributed by atoms with Crippen LogP contribution in [0.3, 0.4) is 0 Å². The summed E-state index contributed by atoms with van der Waals surface area (Å²) in [5.41, 5.74) is 0. The van der Waals surface area contributed by atoms with Crippen molar-refractivity contribution in [3.05, 3.63) is 22.0 Å². The molecular formula is C17H25NS2. The fourth-order valence-electron chi connectivity index (χ4n) is 4.68. The summed E-state index contributed by atoms with van der Waals surface area (Å²) in [5, 5.41) is 1.73. The van der Waals surface area contributed by atoms with Gasteiger partial charge in [0.1, 0.15) is 0 Å². The molecule has 1 aliphatic carbocycles. The third-order valence-corrected chi connectivity index (χ3v) is 8.49. The van der Waals surface area contributed by atoms with Crippen molar-refractivity contribution in [2.45, 2.75) is 43.6 Å². The van der Waals surface area contributed by atoms with E-state index in [-0.39, 0.29) is 0 Å². The molecule has 0 N–H and O–H groups in total. The topological polar surface area (TPSA) is 3.24 Å². The van der Waals surface area contributed by atoms with Crippen molar-refractivity contribution in [3.8, 4) is 0 Å². The summed E-state index contributed by atoms with van der Waals surface area (Å²) < 4.78 is 0. The first-order chi connectivity index (χ1) is 9.72. The van der Waals surface area contributed by atoms with Gasteiger partial charge < -0.3 is 4.90 Å². The Kier molecular flexibility index (Phi) is 3.72. The molecule has 1 saturated heterocycles. The third kappa shape index (κ3) is 2.30. The van der Waals surface area contributed by atoms with Gasteiger partial charge in [0.05, 0.1) is 0 Å². The average Bonchev–Trinajstić information content (AvgIpc) is 3.12. The van der Waals surface area contributed by atoms with Crippen molar-refractivity contribution in [2.24, 2.45) is 17.8 Å². The second kappa shape index (κ2) is 5.40. The Hall–Kier alpha value is 0.140. The molecule has 3 aliphatic heterocycles. The quantitative estimate of drug-likeness (QED) is 0.762. The molecule has 3 heteroatoms. The second-order valence-electron chi connectivity index (χ2n) is 6.88. The number of rotatable bonds is 3. The van der Waals surface area contributed by atoms with Crippen LogP contribution < -0.4 is 0 Å². The predicted molar refractivity (Wildman–Crippen MR) is 91.0 cm³/mol. The van der Waals surface area contributed by atoms with E-state index in [1.54, 1.807) is 9.81 Å². The van der Waals surface area contributed by atoms with Gasteiger partial charge in [-0.15, -0.1) is 23.5 Å². The maximum Gasteiger partial charge on any atom is 0.0285 e. The molecule has 3 heterocycles. The lowest BCUT2D eigenvalue weighted by atomic mass is 9.86. The van der Waals surface area contributed by atoms with Crippen LogP contribution in [0.25, 0.3) is 0 Å². The Morgan fingerprint density at radius 2 is 1.55 bits per heavy atom. The van der Waals surface area contributed by atoms with Crippen LogP contribution in [-0.2, 0) is 0 Å². The number of thioether (sulfide) groups is 2. The Bertz CT molecular complexity index is 418. The molecule has 20 heavy (non-hydrogen) atoms. The van der Waals surface area contributed by atoms with Gasteiger partial charge in [-0.2, -0.15) is 0 Å².